The highest BCUT2D eigenvalue weighted by atomic mass is 35.5. The molecule has 23 heavy (non-hydrogen) atoms. The van der Waals surface area contributed by atoms with E-state index in [1.165, 1.54) is 0 Å². The zero-order chi connectivity index (χ0) is 16.2. The Morgan fingerprint density at radius 1 is 1.26 bits per heavy atom. The van der Waals surface area contributed by atoms with Gasteiger partial charge in [0.25, 0.3) is 0 Å². The minimum absolute atomic E-state index is 0. The zero-order valence-electron chi connectivity index (χ0n) is 13.8. The largest absolute Gasteiger partial charge is 0.329 e. The third kappa shape index (κ3) is 4.03. The molecule has 1 aliphatic heterocycles. The first kappa shape index (κ1) is 19.5. The maximum atomic E-state index is 12.5. The fourth-order valence-corrected chi connectivity index (χ4v) is 2.86. The number of amides is 2. The van der Waals surface area contributed by atoms with Gasteiger partial charge in [-0.1, -0.05) is 13.8 Å². The number of carbonyl (C=O) groups excluding carboxylic acids is 2. The number of anilines is 2. The van der Waals surface area contributed by atoms with Gasteiger partial charge in [-0.2, -0.15) is 0 Å². The molecule has 1 aromatic carbocycles. The van der Waals surface area contributed by atoms with Gasteiger partial charge in [-0.3, -0.25) is 9.59 Å². The van der Waals surface area contributed by atoms with E-state index in [4.69, 9.17) is 5.73 Å². The van der Waals surface area contributed by atoms with Gasteiger partial charge >= 0.3 is 0 Å². The highest BCUT2D eigenvalue weighted by Gasteiger charge is 2.33. The summed E-state index contributed by atoms with van der Waals surface area (Å²) in [7, 11) is 0. The smallest absolute Gasteiger partial charge is 0.231 e. The molecule has 0 spiro atoms. The average Bonchev–Trinajstić information content (AvgIpc) is 2.96. The summed E-state index contributed by atoms with van der Waals surface area (Å²) in [4.78, 5) is 26.0. The van der Waals surface area contributed by atoms with Crippen molar-refractivity contribution in [1.29, 1.82) is 0 Å². The SMILES string of the molecule is CCC(CC)(CN)C(=O)Nc1ccc(N2CCCC2=O)cc1.Cl. The normalized spacial score (nSPS) is 14.6. The number of benzene rings is 1. The number of hydrogen-bond donors (Lipinski definition) is 2. The maximum absolute atomic E-state index is 12.5. The van der Waals surface area contributed by atoms with Crippen LogP contribution in [0.1, 0.15) is 39.5 Å². The summed E-state index contributed by atoms with van der Waals surface area (Å²) in [5, 5.41) is 2.94. The quantitative estimate of drug-likeness (QED) is 0.836. The van der Waals surface area contributed by atoms with E-state index < -0.39 is 5.41 Å². The van der Waals surface area contributed by atoms with Gasteiger partial charge in [-0.05, 0) is 43.5 Å². The van der Waals surface area contributed by atoms with E-state index in [2.05, 4.69) is 5.32 Å². The summed E-state index contributed by atoms with van der Waals surface area (Å²) < 4.78 is 0. The van der Waals surface area contributed by atoms with Gasteiger partial charge in [0.15, 0.2) is 0 Å². The fraction of sp³-hybridized carbons (Fsp3) is 0.529. The Bertz CT molecular complexity index is 533. The Morgan fingerprint density at radius 3 is 2.30 bits per heavy atom. The van der Waals surface area contributed by atoms with Crippen molar-refractivity contribution in [2.45, 2.75) is 39.5 Å². The van der Waals surface area contributed by atoms with Crippen LogP contribution in [0.5, 0.6) is 0 Å². The number of halogens is 1. The molecular weight excluding hydrogens is 314 g/mol. The van der Waals surface area contributed by atoms with Crippen molar-refractivity contribution >= 4 is 35.6 Å². The molecule has 2 amide bonds. The Morgan fingerprint density at radius 2 is 1.87 bits per heavy atom. The Kier molecular flexibility index (Phi) is 7.03. The van der Waals surface area contributed by atoms with Crippen molar-refractivity contribution in [3.63, 3.8) is 0 Å². The molecule has 0 bridgehead atoms. The first-order valence-corrected chi connectivity index (χ1v) is 7.98. The summed E-state index contributed by atoms with van der Waals surface area (Å²) in [6.45, 7) is 5.08. The topological polar surface area (TPSA) is 75.4 Å². The second-order valence-electron chi connectivity index (χ2n) is 5.84. The Balaban J connectivity index is 0.00000264. The van der Waals surface area contributed by atoms with Gasteiger partial charge in [-0.25, -0.2) is 0 Å². The van der Waals surface area contributed by atoms with Crippen molar-refractivity contribution < 1.29 is 9.59 Å². The lowest BCUT2D eigenvalue weighted by atomic mass is 9.81. The first-order chi connectivity index (χ1) is 10.6. The number of carbonyl (C=O) groups is 2. The number of nitrogens with two attached hydrogens (primary N) is 1. The van der Waals surface area contributed by atoms with Crippen LogP contribution in [-0.2, 0) is 9.59 Å². The molecule has 3 N–H and O–H groups in total. The molecule has 1 fully saturated rings. The van der Waals surface area contributed by atoms with Gasteiger partial charge in [-0.15, -0.1) is 12.4 Å². The summed E-state index contributed by atoms with van der Waals surface area (Å²) >= 11 is 0. The molecule has 0 saturated carbocycles. The zero-order valence-corrected chi connectivity index (χ0v) is 14.6. The predicted octanol–water partition coefficient (Wildman–Crippen LogP) is 2.94. The predicted molar refractivity (Wildman–Crippen MR) is 96.0 cm³/mol. The molecule has 0 atom stereocenters. The van der Waals surface area contributed by atoms with Crippen LogP contribution >= 0.6 is 12.4 Å². The maximum Gasteiger partial charge on any atom is 0.231 e. The van der Waals surface area contributed by atoms with Crippen LogP contribution < -0.4 is 16.0 Å². The Hall–Kier alpha value is -1.59. The van der Waals surface area contributed by atoms with Crippen LogP contribution in [0.15, 0.2) is 24.3 Å². The van der Waals surface area contributed by atoms with E-state index in [9.17, 15) is 9.59 Å². The van der Waals surface area contributed by atoms with Crippen molar-refractivity contribution in [1.82, 2.24) is 0 Å². The molecular formula is C17H26ClN3O2. The van der Waals surface area contributed by atoms with Crippen LogP contribution in [0.4, 0.5) is 11.4 Å². The lowest BCUT2D eigenvalue weighted by Crippen LogP contribution is -2.41. The first-order valence-electron chi connectivity index (χ1n) is 7.98. The van der Waals surface area contributed by atoms with Crippen LogP contribution in [-0.4, -0.2) is 24.9 Å². The molecule has 0 aromatic heterocycles. The molecule has 5 nitrogen and oxygen atoms in total. The van der Waals surface area contributed by atoms with Crippen LogP contribution in [0.25, 0.3) is 0 Å². The van der Waals surface area contributed by atoms with Crippen LogP contribution in [0.2, 0.25) is 0 Å². The Labute approximate surface area is 144 Å². The molecule has 1 heterocycles. The summed E-state index contributed by atoms with van der Waals surface area (Å²) in [6, 6.07) is 7.43. The van der Waals surface area contributed by atoms with Gasteiger partial charge in [0.2, 0.25) is 11.8 Å². The number of hydrogen-bond acceptors (Lipinski definition) is 3. The van der Waals surface area contributed by atoms with Crippen LogP contribution in [0, 0.1) is 5.41 Å². The fourth-order valence-electron chi connectivity index (χ4n) is 2.86. The van der Waals surface area contributed by atoms with Crippen LogP contribution in [0.3, 0.4) is 0 Å². The van der Waals surface area contributed by atoms with E-state index in [0.29, 0.717) is 25.8 Å². The molecule has 0 radical (unpaired) electrons. The number of nitrogens with zero attached hydrogens (tertiary/aromatic N) is 1. The van der Waals surface area contributed by atoms with E-state index >= 15 is 0 Å². The standard InChI is InChI=1S/C17H25N3O2.ClH/c1-3-17(4-2,12-18)16(22)19-13-7-9-14(10-8-13)20-11-5-6-15(20)21;/h7-10H,3-6,11-12,18H2,1-2H3,(H,19,22);1H. The number of nitrogens with one attached hydrogen (secondary N) is 1. The van der Waals surface area contributed by atoms with E-state index in [-0.39, 0.29) is 24.2 Å². The molecule has 1 aromatic rings. The molecule has 1 aliphatic rings. The minimum atomic E-state index is -0.510. The third-order valence-electron chi connectivity index (χ3n) is 4.74. The van der Waals surface area contributed by atoms with E-state index in [1.54, 1.807) is 4.90 Å². The average molecular weight is 340 g/mol. The molecule has 0 aliphatic carbocycles. The molecule has 6 heteroatoms. The lowest BCUT2D eigenvalue weighted by Gasteiger charge is -2.28. The highest BCUT2D eigenvalue weighted by Crippen LogP contribution is 2.28. The minimum Gasteiger partial charge on any atom is -0.329 e. The summed E-state index contributed by atoms with van der Waals surface area (Å²) in [5.41, 5.74) is 6.91. The summed E-state index contributed by atoms with van der Waals surface area (Å²) in [6.07, 6.45) is 2.95. The molecule has 1 saturated heterocycles. The molecule has 0 unspecified atom stereocenters. The van der Waals surface area contributed by atoms with Gasteiger partial charge < -0.3 is 16.0 Å². The second kappa shape index (κ2) is 8.31. The highest BCUT2D eigenvalue weighted by molar-refractivity contribution is 5.97. The molecule has 128 valence electrons. The summed E-state index contributed by atoms with van der Waals surface area (Å²) in [5.74, 6) is 0.126. The van der Waals surface area contributed by atoms with Crippen molar-refractivity contribution in [2.75, 3.05) is 23.3 Å². The molecule has 2 rings (SSSR count). The lowest BCUT2D eigenvalue weighted by molar-refractivity contribution is -0.125. The van der Waals surface area contributed by atoms with Crippen molar-refractivity contribution in [3.8, 4) is 0 Å². The number of rotatable bonds is 6. The monoisotopic (exact) mass is 339 g/mol. The third-order valence-corrected chi connectivity index (χ3v) is 4.74. The second-order valence-corrected chi connectivity index (χ2v) is 5.84. The van der Waals surface area contributed by atoms with Gasteiger partial charge in [0.1, 0.15) is 0 Å². The van der Waals surface area contributed by atoms with Gasteiger partial charge in [0.05, 0.1) is 5.41 Å². The van der Waals surface area contributed by atoms with E-state index in [1.807, 2.05) is 38.1 Å². The van der Waals surface area contributed by atoms with E-state index in [0.717, 1.165) is 24.3 Å². The van der Waals surface area contributed by atoms with Gasteiger partial charge in [0, 0.05) is 30.9 Å². The van der Waals surface area contributed by atoms with Crippen molar-refractivity contribution in [2.24, 2.45) is 11.1 Å². The van der Waals surface area contributed by atoms with Crippen molar-refractivity contribution in [3.05, 3.63) is 24.3 Å².